The van der Waals surface area contributed by atoms with Crippen molar-refractivity contribution in [2.75, 3.05) is 18.6 Å². The van der Waals surface area contributed by atoms with Gasteiger partial charge in [-0.1, -0.05) is 37.5 Å². The molecule has 2 heterocycles. The maximum Gasteiger partial charge on any atom is 0.337 e. The highest BCUT2D eigenvalue weighted by atomic mass is 32.1. The molecule has 8 nitrogen and oxygen atoms in total. The van der Waals surface area contributed by atoms with E-state index in [1.807, 2.05) is 29.6 Å². The molecule has 0 saturated heterocycles. The lowest BCUT2D eigenvalue weighted by atomic mass is 9.95. The number of carbonyl (C=O) groups is 3. The van der Waals surface area contributed by atoms with Crippen molar-refractivity contribution in [3.63, 3.8) is 0 Å². The van der Waals surface area contributed by atoms with E-state index in [9.17, 15) is 14.4 Å². The van der Waals surface area contributed by atoms with Crippen molar-refractivity contribution in [3.8, 4) is 11.5 Å². The fourth-order valence-electron chi connectivity index (χ4n) is 4.92. The number of nitrogens with zero attached hydrogens (tertiary/aromatic N) is 1. The highest BCUT2D eigenvalue weighted by Crippen LogP contribution is 2.35. The van der Waals surface area contributed by atoms with Gasteiger partial charge in [0.2, 0.25) is 12.0 Å². The molecule has 1 N–H and O–H groups in total. The normalized spacial score (nSPS) is 17.8. The first-order valence-corrected chi connectivity index (χ1v) is 13.7. The summed E-state index contributed by atoms with van der Waals surface area (Å²) >= 11 is 1.41. The van der Waals surface area contributed by atoms with E-state index in [-0.39, 0.29) is 18.6 Å². The lowest BCUT2D eigenvalue weighted by Crippen LogP contribution is -2.52. The van der Waals surface area contributed by atoms with Crippen LogP contribution in [0.3, 0.4) is 0 Å². The molecule has 2 atom stereocenters. The highest BCUT2D eigenvalue weighted by Gasteiger charge is 2.40. The van der Waals surface area contributed by atoms with Crippen molar-refractivity contribution in [1.29, 1.82) is 0 Å². The molecule has 2 amide bonds. The number of esters is 1. The number of hydrogen-bond donors (Lipinski definition) is 1. The van der Waals surface area contributed by atoms with E-state index in [0.29, 0.717) is 22.7 Å². The van der Waals surface area contributed by atoms with Gasteiger partial charge >= 0.3 is 5.97 Å². The van der Waals surface area contributed by atoms with E-state index in [1.54, 1.807) is 36.4 Å². The zero-order valence-corrected chi connectivity index (χ0v) is 21.9. The van der Waals surface area contributed by atoms with Crippen LogP contribution >= 0.6 is 11.3 Å². The highest BCUT2D eigenvalue weighted by molar-refractivity contribution is 7.10. The molecular formula is C29H30N2O6S. The van der Waals surface area contributed by atoms with Crippen molar-refractivity contribution in [2.24, 2.45) is 0 Å². The minimum Gasteiger partial charge on any atom is -0.485 e. The molecule has 38 heavy (non-hydrogen) atoms. The number of benzene rings is 2. The van der Waals surface area contributed by atoms with E-state index in [2.05, 4.69) is 5.32 Å². The Morgan fingerprint density at radius 2 is 1.71 bits per heavy atom. The number of carbonyl (C=O) groups excluding carboxylic acids is 3. The Morgan fingerprint density at radius 1 is 0.974 bits per heavy atom. The first-order chi connectivity index (χ1) is 18.5. The molecule has 1 aliphatic carbocycles. The molecule has 198 valence electrons. The van der Waals surface area contributed by atoms with E-state index in [4.69, 9.17) is 14.2 Å². The summed E-state index contributed by atoms with van der Waals surface area (Å²) in [5.41, 5.74) is 0.802. The first kappa shape index (κ1) is 25.8. The molecule has 0 radical (unpaired) electrons. The maximum atomic E-state index is 14.2. The SMILES string of the molecule is COC(=O)c1ccc(N(C(=O)[C@@H]2COc3ccccc3O2)[C@@H](C(=O)NC2CCCCC2)c2cccs2)cc1. The lowest BCUT2D eigenvalue weighted by molar-refractivity contribution is -0.132. The van der Waals surface area contributed by atoms with Crippen molar-refractivity contribution in [2.45, 2.75) is 50.3 Å². The Morgan fingerprint density at radius 3 is 2.39 bits per heavy atom. The number of amides is 2. The minimum atomic E-state index is -0.963. The van der Waals surface area contributed by atoms with Crippen LogP contribution in [0.15, 0.2) is 66.0 Å². The van der Waals surface area contributed by atoms with Gasteiger partial charge in [-0.05, 0) is 60.7 Å². The third-order valence-electron chi connectivity index (χ3n) is 6.86. The van der Waals surface area contributed by atoms with Gasteiger partial charge in [0.25, 0.3) is 5.91 Å². The van der Waals surface area contributed by atoms with Crippen molar-refractivity contribution in [3.05, 3.63) is 76.5 Å². The maximum absolute atomic E-state index is 14.2. The first-order valence-electron chi connectivity index (χ1n) is 12.8. The molecule has 2 aliphatic rings. The fraction of sp³-hybridized carbons (Fsp3) is 0.345. The van der Waals surface area contributed by atoms with Gasteiger partial charge in [0.15, 0.2) is 11.5 Å². The van der Waals surface area contributed by atoms with Gasteiger partial charge in [0.1, 0.15) is 12.6 Å². The quantitative estimate of drug-likeness (QED) is 0.434. The molecule has 0 spiro atoms. The summed E-state index contributed by atoms with van der Waals surface area (Å²) in [6.45, 7) is 0.00793. The largest absolute Gasteiger partial charge is 0.485 e. The van der Waals surface area contributed by atoms with Gasteiger partial charge in [0, 0.05) is 16.6 Å². The van der Waals surface area contributed by atoms with Crippen molar-refractivity contribution >= 4 is 34.8 Å². The van der Waals surface area contributed by atoms with Crippen molar-refractivity contribution < 1.29 is 28.6 Å². The number of ether oxygens (including phenoxy) is 3. The van der Waals surface area contributed by atoms with Gasteiger partial charge in [0.05, 0.1) is 12.7 Å². The molecule has 1 fully saturated rings. The number of rotatable bonds is 7. The van der Waals surface area contributed by atoms with Crippen LogP contribution in [0.25, 0.3) is 0 Å². The third-order valence-corrected chi connectivity index (χ3v) is 7.78. The Bertz CT molecular complexity index is 1270. The minimum absolute atomic E-state index is 0.00793. The van der Waals surface area contributed by atoms with E-state index < -0.39 is 24.0 Å². The molecule has 1 aromatic heterocycles. The molecule has 5 rings (SSSR count). The molecule has 2 aromatic carbocycles. The molecule has 3 aromatic rings. The van der Waals surface area contributed by atoms with Crippen LogP contribution < -0.4 is 19.7 Å². The summed E-state index contributed by atoms with van der Waals surface area (Å²) < 4.78 is 16.7. The molecule has 1 aliphatic heterocycles. The zero-order chi connectivity index (χ0) is 26.5. The van der Waals surface area contributed by atoms with Gasteiger partial charge in [-0.15, -0.1) is 11.3 Å². The van der Waals surface area contributed by atoms with Crippen LogP contribution in [0.5, 0.6) is 11.5 Å². The second-order valence-electron chi connectivity index (χ2n) is 9.37. The summed E-state index contributed by atoms with van der Waals surface area (Å²) in [5, 5.41) is 5.08. The summed E-state index contributed by atoms with van der Waals surface area (Å²) in [7, 11) is 1.31. The molecule has 9 heteroatoms. The van der Waals surface area contributed by atoms with Crippen LogP contribution in [0.4, 0.5) is 5.69 Å². The van der Waals surface area contributed by atoms with Crippen LogP contribution in [0, 0.1) is 0 Å². The lowest BCUT2D eigenvalue weighted by Gasteiger charge is -2.35. The van der Waals surface area contributed by atoms with Gasteiger partial charge < -0.3 is 19.5 Å². The van der Waals surface area contributed by atoms with Crippen LogP contribution in [-0.2, 0) is 14.3 Å². The average Bonchev–Trinajstić information content (AvgIpc) is 3.50. The molecule has 1 saturated carbocycles. The zero-order valence-electron chi connectivity index (χ0n) is 21.1. The Kier molecular flexibility index (Phi) is 7.93. The Balaban J connectivity index is 1.52. The molecule has 0 unspecified atom stereocenters. The van der Waals surface area contributed by atoms with Crippen LogP contribution in [0.2, 0.25) is 0 Å². The predicted octanol–water partition coefficient (Wildman–Crippen LogP) is 4.90. The predicted molar refractivity (Wildman–Crippen MR) is 144 cm³/mol. The summed E-state index contributed by atoms with van der Waals surface area (Å²) in [6, 6.07) is 16.5. The Hall–Kier alpha value is -3.85. The van der Waals surface area contributed by atoms with Gasteiger partial charge in [-0.3, -0.25) is 14.5 Å². The van der Waals surface area contributed by atoms with Gasteiger partial charge in [-0.2, -0.15) is 0 Å². The number of thiophene rings is 1. The van der Waals surface area contributed by atoms with E-state index in [1.165, 1.54) is 29.8 Å². The van der Waals surface area contributed by atoms with Crippen molar-refractivity contribution in [1.82, 2.24) is 5.32 Å². The number of anilines is 1. The monoisotopic (exact) mass is 534 g/mol. The number of fused-ring (bicyclic) bond motifs is 1. The van der Waals surface area contributed by atoms with E-state index >= 15 is 0 Å². The van der Waals surface area contributed by atoms with E-state index in [0.717, 1.165) is 30.6 Å². The fourth-order valence-corrected chi connectivity index (χ4v) is 5.74. The van der Waals surface area contributed by atoms with Crippen LogP contribution in [0.1, 0.15) is 53.4 Å². The van der Waals surface area contributed by atoms with Gasteiger partial charge in [-0.25, -0.2) is 4.79 Å². The number of hydrogen-bond acceptors (Lipinski definition) is 7. The molecular weight excluding hydrogens is 504 g/mol. The summed E-state index contributed by atoms with van der Waals surface area (Å²) in [5.74, 6) is -0.114. The second kappa shape index (κ2) is 11.7. The Labute approximate surface area is 225 Å². The second-order valence-corrected chi connectivity index (χ2v) is 10.4. The number of methoxy groups -OCH3 is 1. The smallest absolute Gasteiger partial charge is 0.337 e. The summed E-state index contributed by atoms with van der Waals surface area (Å²) in [6.07, 6.45) is 4.17. The number of para-hydroxylation sites is 2. The third kappa shape index (κ3) is 5.52. The average molecular weight is 535 g/mol. The number of nitrogens with one attached hydrogen (secondary N) is 1. The topological polar surface area (TPSA) is 94.2 Å². The molecule has 0 bridgehead atoms. The standard InChI is InChI=1S/C29H30N2O6S/c1-35-29(34)19-13-15-21(16-14-19)31(28(33)24-18-36-22-10-5-6-11-23(22)37-24)26(25-12-7-17-38-25)27(32)30-20-8-3-2-4-9-20/h5-7,10-17,20,24,26H,2-4,8-9,18H2,1H3,(H,30,32)/t24-,26+/m0/s1. The summed E-state index contributed by atoms with van der Waals surface area (Å²) in [4.78, 5) is 42.3. The van der Waals surface area contributed by atoms with Crippen LogP contribution in [-0.4, -0.2) is 43.6 Å².